The van der Waals surface area contributed by atoms with Crippen molar-refractivity contribution in [3.8, 4) is 5.75 Å². The van der Waals surface area contributed by atoms with Gasteiger partial charge in [0.15, 0.2) is 4.90 Å². The summed E-state index contributed by atoms with van der Waals surface area (Å²) in [4.78, 5) is -0.306. The first kappa shape index (κ1) is 30.5. The first-order valence-electron chi connectivity index (χ1n) is 13.9. The Bertz CT molecular complexity index is 1220. The zero-order valence-corrected chi connectivity index (χ0v) is 24.8. The number of hydrogen-bond donors (Lipinski definition) is 1. The number of rotatable bonds is 7. The normalized spacial score (nSPS) is 17.0. The highest BCUT2D eigenvalue weighted by Crippen LogP contribution is 2.36. The van der Waals surface area contributed by atoms with Gasteiger partial charge in [-0.05, 0) is 72.1 Å². The third-order valence-corrected chi connectivity index (χ3v) is 9.56. The molecule has 0 bridgehead atoms. The van der Waals surface area contributed by atoms with E-state index in [0.29, 0.717) is 17.0 Å². The van der Waals surface area contributed by atoms with E-state index in [1.807, 2.05) is 6.07 Å². The van der Waals surface area contributed by atoms with Crippen molar-refractivity contribution in [2.24, 2.45) is 0 Å². The van der Waals surface area contributed by atoms with Crippen LogP contribution < -0.4 is 4.18 Å². The molecule has 38 heavy (non-hydrogen) atoms. The van der Waals surface area contributed by atoms with Gasteiger partial charge in [0.2, 0.25) is 0 Å². The lowest BCUT2D eigenvalue weighted by Crippen LogP contribution is -2.13. The molecular weight excluding hydrogens is 520 g/mol. The largest absolute Gasteiger partial charge is 0.378 e. The predicted octanol–water partition coefficient (Wildman–Crippen LogP) is 7.94. The van der Waals surface area contributed by atoms with E-state index < -0.39 is 20.2 Å². The molecule has 0 aliphatic heterocycles. The average Bonchev–Trinajstić information content (AvgIpc) is 2.83. The van der Waals surface area contributed by atoms with E-state index in [-0.39, 0.29) is 27.4 Å². The Morgan fingerprint density at radius 3 is 1.63 bits per heavy atom. The Morgan fingerprint density at radius 2 is 1.24 bits per heavy atom. The monoisotopic (exact) mass is 562 g/mol. The van der Waals surface area contributed by atoms with E-state index in [9.17, 15) is 21.4 Å². The second-order valence-corrected chi connectivity index (χ2v) is 14.0. The van der Waals surface area contributed by atoms with Crippen LogP contribution in [-0.2, 0) is 20.2 Å². The molecule has 0 spiro atoms. The van der Waals surface area contributed by atoms with Gasteiger partial charge in [0.1, 0.15) is 10.6 Å². The number of hydrogen-bond acceptors (Lipinski definition) is 5. The van der Waals surface area contributed by atoms with Gasteiger partial charge in [0.25, 0.3) is 10.1 Å². The van der Waals surface area contributed by atoms with E-state index in [2.05, 4.69) is 12.1 Å². The average molecular weight is 563 g/mol. The van der Waals surface area contributed by atoms with Crippen LogP contribution in [0.4, 0.5) is 0 Å². The van der Waals surface area contributed by atoms with Crippen molar-refractivity contribution in [3.63, 3.8) is 0 Å². The van der Waals surface area contributed by atoms with Crippen LogP contribution in [-0.4, -0.2) is 21.4 Å². The Labute approximate surface area is 230 Å². The summed E-state index contributed by atoms with van der Waals surface area (Å²) < 4.78 is 65.9. The molecule has 1 aliphatic rings. The molecule has 0 saturated heterocycles. The Hall–Kier alpha value is -2.08. The summed E-state index contributed by atoms with van der Waals surface area (Å²) >= 11 is 0. The minimum absolute atomic E-state index is 0.00148. The molecule has 0 heterocycles. The van der Waals surface area contributed by atoms with Crippen LogP contribution in [0.25, 0.3) is 0 Å². The smallest absolute Gasteiger partial charge is 0.347 e. The summed E-state index contributed by atoms with van der Waals surface area (Å²) in [6, 6.07) is 12.0. The third kappa shape index (κ3) is 8.21. The standard InChI is InChI=1S/C30H42O6S2/c1-22(2)28-20-26(21-29(23(3)4)30(28)37(31,32)33)36-38(34,35)27-18-16-25(17-19-27)24-14-12-10-8-6-5-7-9-11-13-15-24/h16,18,20-24H,5-15H2,1-4H3,(H,31,32,33). The van der Waals surface area contributed by atoms with Crippen molar-refractivity contribution in [2.45, 2.75) is 126 Å². The lowest BCUT2D eigenvalue weighted by molar-refractivity contribution is 0.467. The van der Waals surface area contributed by atoms with Crippen molar-refractivity contribution in [1.82, 2.24) is 0 Å². The topological polar surface area (TPSA) is 97.7 Å². The van der Waals surface area contributed by atoms with Crippen LogP contribution in [0.1, 0.15) is 133 Å². The molecule has 0 radical (unpaired) electrons. The maximum absolute atomic E-state index is 13.1. The third-order valence-electron chi connectivity index (χ3n) is 7.39. The molecule has 2 aromatic rings. The molecular formula is C30H42O6S2. The van der Waals surface area contributed by atoms with Gasteiger partial charge in [-0.25, -0.2) is 0 Å². The SMILES string of the molecule is CC(C)c1cc(OS(=O)(=O)c2c#cc(C3CCCCCCCCCCC3)cc2)cc(C(C)C)c1S(=O)(=O)O. The van der Waals surface area contributed by atoms with E-state index in [1.54, 1.807) is 27.7 Å². The Morgan fingerprint density at radius 1 is 0.763 bits per heavy atom. The van der Waals surface area contributed by atoms with Crippen LogP contribution in [0.5, 0.6) is 5.75 Å². The van der Waals surface area contributed by atoms with E-state index in [0.717, 1.165) is 31.2 Å². The second kappa shape index (κ2) is 13.3. The van der Waals surface area contributed by atoms with Gasteiger partial charge in [-0.15, -0.1) is 0 Å². The van der Waals surface area contributed by atoms with Gasteiger partial charge >= 0.3 is 10.1 Å². The lowest BCUT2D eigenvalue weighted by Gasteiger charge is -2.19. The maximum Gasteiger partial charge on any atom is 0.347 e. The van der Waals surface area contributed by atoms with E-state index >= 15 is 0 Å². The molecule has 0 atom stereocenters. The van der Waals surface area contributed by atoms with Crippen molar-refractivity contribution in [1.29, 1.82) is 0 Å². The summed E-state index contributed by atoms with van der Waals surface area (Å²) in [5.74, 6) is -0.235. The summed E-state index contributed by atoms with van der Waals surface area (Å²) in [6.07, 6.45) is 13.5. The maximum atomic E-state index is 13.1. The van der Waals surface area contributed by atoms with Crippen LogP contribution in [0.3, 0.4) is 0 Å². The molecule has 0 aromatic heterocycles. The van der Waals surface area contributed by atoms with E-state index in [4.69, 9.17) is 4.18 Å². The van der Waals surface area contributed by atoms with Crippen molar-refractivity contribution >= 4 is 20.2 Å². The van der Waals surface area contributed by atoms with Gasteiger partial charge in [0.05, 0.1) is 0 Å². The highest BCUT2D eigenvalue weighted by atomic mass is 32.2. The molecule has 1 fully saturated rings. The fourth-order valence-electron chi connectivity index (χ4n) is 5.26. The summed E-state index contributed by atoms with van der Waals surface area (Å²) in [6.45, 7) is 7.10. The lowest BCUT2D eigenvalue weighted by atomic mass is 9.88. The molecule has 1 saturated carbocycles. The Balaban J connectivity index is 1.85. The highest BCUT2D eigenvalue weighted by molar-refractivity contribution is 7.87. The fraction of sp³-hybridized carbons (Fsp3) is 0.600. The summed E-state index contributed by atoms with van der Waals surface area (Å²) in [7, 11) is -8.74. The Kier molecular flexibility index (Phi) is 10.7. The zero-order chi connectivity index (χ0) is 27.9. The van der Waals surface area contributed by atoms with Gasteiger partial charge in [-0.3, -0.25) is 4.55 Å². The highest BCUT2D eigenvalue weighted by Gasteiger charge is 2.27. The van der Waals surface area contributed by atoms with Gasteiger partial charge in [0, 0.05) is 5.56 Å². The van der Waals surface area contributed by atoms with Gasteiger partial charge in [-0.2, -0.15) is 16.8 Å². The first-order valence-corrected chi connectivity index (χ1v) is 16.8. The van der Waals surface area contributed by atoms with Crippen molar-refractivity contribution in [2.75, 3.05) is 0 Å². The van der Waals surface area contributed by atoms with E-state index in [1.165, 1.54) is 63.1 Å². The van der Waals surface area contributed by atoms with Gasteiger partial charge < -0.3 is 4.18 Å². The minimum atomic E-state index is -4.51. The molecule has 2 aromatic carbocycles. The predicted molar refractivity (Wildman–Crippen MR) is 150 cm³/mol. The molecule has 1 aliphatic carbocycles. The van der Waals surface area contributed by atoms with Crippen molar-refractivity contribution in [3.05, 3.63) is 53.1 Å². The molecule has 8 heteroatoms. The van der Waals surface area contributed by atoms with Gasteiger partial charge in [-0.1, -0.05) is 91.5 Å². The quantitative estimate of drug-likeness (QED) is 0.272. The second-order valence-electron chi connectivity index (χ2n) is 11.1. The number of benzene rings is 1. The molecule has 1 N–H and O–H groups in total. The molecule has 6 nitrogen and oxygen atoms in total. The first-order chi connectivity index (χ1) is 17.9. The summed E-state index contributed by atoms with van der Waals surface area (Å²) in [5, 5.41) is 0. The fourth-order valence-corrected chi connectivity index (χ4v) is 7.30. The molecule has 210 valence electrons. The van der Waals surface area contributed by atoms with Crippen LogP contribution in [0.15, 0.2) is 34.1 Å². The molecule has 0 unspecified atom stereocenters. The molecule has 3 rings (SSSR count). The zero-order valence-electron chi connectivity index (χ0n) is 23.1. The van der Waals surface area contributed by atoms with Crippen LogP contribution >= 0.6 is 0 Å². The van der Waals surface area contributed by atoms with Crippen LogP contribution in [0, 0.1) is 12.1 Å². The summed E-state index contributed by atoms with van der Waals surface area (Å²) in [5.41, 5.74) is 1.59. The molecule has 0 amide bonds. The van der Waals surface area contributed by atoms with Crippen molar-refractivity contribution < 1.29 is 25.6 Å². The minimum Gasteiger partial charge on any atom is -0.378 e. The van der Waals surface area contributed by atoms with Crippen LogP contribution in [0.2, 0.25) is 0 Å².